The van der Waals surface area contributed by atoms with Crippen molar-refractivity contribution in [2.45, 2.75) is 58.0 Å². The van der Waals surface area contributed by atoms with Crippen LogP contribution in [0.5, 0.6) is 0 Å². The smallest absolute Gasteiger partial charge is 0.326 e. The first-order valence-electron chi connectivity index (χ1n) is 9.13. The number of rotatable bonds is 5. The lowest BCUT2D eigenvalue weighted by atomic mass is 10.1. The number of H-pyrrole nitrogens is 1. The maximum atomic E-state index is 12.3. The highest BCUT2D eigenvalue weighted by Crippen LogP contribution is 2.30. The average Bonchev–Trinajstić information content (AvgIpc) is 3.15. The number of benzene rings is 1. The molecule has 0 spiro atoms. The van der Waals surface area contributed by atoms with E-state index in [1.54, 1.807) is 12.1 Å². The Hall–Kier alpha value is -2.08. The molecular formula is C19H28N4O2. The summed E-state index contributed by atoms with van der Waals surface area (Å²) in [5.41, 5.74) is 2.16. The lowest BCUT2D eigenvalue weighted by Gasteiger charge is -2.20. The van der Waals surface area contributed by atoms with Crippen LogP contribution >= 0.6 is 0 Å². The molecule has 136 valence electrons. The number of nitrogens with one attached hydrogen (secondary N) is 3. The fourth-order valence-electron chi connectivity index (χ4n) is 3.51. The summed E-state index contributed by atoms with van der Waals surface area (Å²) in [5, 5.41) is 6.25. The van der Waals surface area contributed by atoms with E-state index in [1.807, 2.05) is 10.6 Å². The number of hydrogen-bond acceptors (Lipinski definition) is 3. The third-order valence-electron chi connectivity index (χ3n) is 4.73. The van der Waals surface area contributed by atoms with E-state index in [-0.39, 0.29) is 23.2 Å². The minimum Gasteiger partial charge on any atom is -0.351 e. The van der Waals surface area contributed by atoms with Crippen LogP contribution in [0.1, 0.15) is 62.9 Å². The minimum absolute atomic E-state index is 0.0340. The first kappa shape index (κ1) is 17.7. The molecule has 0 radical (unpaired) electrons. The molecule has 2 aromatic rings. The summed E-state index contributed by atoms with van der Waals surface area (Å²) in [4.78, 5) is 27.5. The molecule has 0 aliphatic heterocycles. The summed E-state index contributed by atoms with van der Waals surface area (Å²) in [6.45, 7) is 7.55. The Bertz CT molecular complexity index is 807. The van der Waals surface area contributed by atoms with E-state index >= 15 is 0 Å². The van der Waals surface area contributed by atoms with Crippen LogP contribution in [0.2, 0.25) is 0 Å². The fourth-order valence-corrected chi connectivity index (χ4v) is 3.51. The van der Waals surface area contributed by atoms with Crippen molar-refractivity contribution in [3.8, 4) is 0 Å². The standard InChI is InChI=1S/C19H28N4O2/c1-19(2,3)21-11-10-20-17(24)13-8-9-16-15(12-13)22-18(25)23(16)14-6-4-5-7-14/h8-9,12,14,21H,4-7,10-11H2,1-3H3,(H,20,24)(H,22,25). The Morgan fingerprint density at radius 3 is 2.64 bits per heavy atom. The first-order valence-corrected chi connectivity index (χ1v) is 9.13. The van der Waals surface area contributed by atoms with E-state index in [0.717, 1.165) is 23.9 Å². The number of carbonyl (C=O) groups is 1. The van der Waals surface area contributed by atoms with Gasteiger partial charge in [-0.3, -0.25) is 9.36 Å². The van der Waals surface area contributed by atoms with Crippen LogP contribution in [0.15, 0.2) is 23.0 Å². The predicted octanol–water partition coefficient (Wildman–Crippen LogP) is 2.56. The van der Waals surface area contributed by atoms with Gasteiger partial charge >= 0.3 is 5.69 Å². The Morgan fingerprint density at radius 2 is 1.96 bits per heavy atom. The molecule has 1 aliphatic carbocycles. The van der Waals surface area contributed by atoms with Crippen molar-refractivity contribution in [2.24, 2.45) is 0 Å². The van der Waals surface area contributed by atoms with E-state index in [1.165, 1.54) is 12.8 Å². The molecule has 1 aromatic heterocycles. The van der Waals surface area contributed by atoms with Gasteiger partial charge in [0.2, 0.25) is 0 Å². The molecule has 0 bridgehead atoms. The maximum Gasteiger partial charge on any atom is 0.326 e. The second-order valence-corrected chi connectivity index (χ2v) is 7.90. The van der Waals surface area contributed by atoms with Crippen LogP contribution in [-0.2, 0) is 0 Å². The van der Waals surface area contributed by atoms with Gasteiger partial charge in [0, 0.05) is 30.2 Å². The largest absolute Gasteiger partial charge is 0.351 e. The van der Waals surface area contributed by atoms with E-state index in [0.29, 0.717) is 18.7 Å². The Balaban J connectivity index is 1.71. The van der Waals surface area contributed by atoms with Gasteiger partial charge in [0.05, 0.1) is 11.0 Å². The molecule has 1 aliphatic rings. The van der Waals surface area contributed by atoms with E-state index in [2.05, 4.69) is 36.4 Å². The van der Waals surface area contributed by atoms with Crippen molar-refractivity contribution in [3.05, 3.63) is 34.2 Å². The summed E-state index contributed by atoms with van der Waals surface area (Å²) in [6.07, 6.45) is 4.45. The molecule has 3 rings (SSSR count). The fraction of sp³-hybridized carbons (Fsp3) is 0.579. The van der Waals surface area contributed by atoms with Gasteiger partial charge in [0.25, 0.3) is 5.91 Å². The number of hydrogen-bond donors (Lipinski definition) is 3. The van der Waals surface area contributed by atoms with Crippen LogP contribution in [-0.4, -0.2) is 34.1 Å². The molecule has 1 aromatic carbocycles. The van der Waals surface area contributed by atoms with E-state index in [9.17, 15) is 9.59 Å². The van der Waals surface area contributed by atoms with Crippen LogP contribution in [0, 0.1) is 0 Å². The molecule has 0 atom stereocenters. The Labute approximate surface area is 148 Å². The van der Waals surface area contributed by atoms with Crippen molar-refractivity contribution >= 4 is 16.9 Å². The van der Waals surface area contributed by atoms with Gasteiger partial charge in [0.15, 0.2) is 0 Å². The molecule has 1 amide bonds. The number of fused-ring (bicyclic) bond motifs is 1. The monoisotopic (exact) mass is 344 g/mol. The molecule has 0 unspecified atom stereocenters. The van der Waals surface area contributed by atoms with Crippen LogP contribution < -0.4 is 16.3 Å². The zero-order chi connectivity index (χ0) is 18.0. The van der Waals surface area contributed by atoms with Crippen molar-refractivity contribution in [1.82, 2.24) is 20.2 Å². The Kier molecular flexibility index (Phi) is 4.99. The SMILES string of the molecule is CC(C)(C)NCCNC(=O)c1ccc2c(c1)[nH]c(=O)n2C1CCCC1. The highest BCUT2D eigenvalue weighted by molar-refractivity contribution is 5.97. The zero-order valence-corrected chi connectivity index (χ0v) is 15.3. The quantitative estimate of drug-likeness (QED) is 0.730. The molecule has 0 saturated heterocycles. The number of aromatic amines is 1. The summed E-state index contributed by atoms with van der Waals surface area (Å²) >= 11 is 0. The lowest BCUT2D eigenvalue weighted by molar-refractivity contribution is 0.0953. The number of nitrogens with zero attached hydrogens (tertiary/aromatic N) is 1. The number of amides is 1. The molecule has 1 heterocycles. The molecule has 1 saturated carbocycles. The molecular weight excluding hydrogens is 316 g/mol. The highest BCUT2D eigenvalue weighted by atomic mass is 16.2. The molecule has 6 heteroatoms. The van der Waals surface area contributed by atoms with Gasteiger partial charge in [-0.25, -0.2) is 4.79 Å². The topological polar surface area (TPSA) is 78.9 Å². The van der Waals surface area contributed by atoms with Crippen molar-refractivity contribution in [3.63, 3.8) is 0 Å². The molecule has 1 fully saturated rings. The third-order valence-corrected chi connectivity index (χ3v) is 4.73. The summed E-state index contributed by atoms with van der Waals surface area (Å²) in [6, 6.07) is 5.74. The molecule has 25 heavy (non-hydrogen) atoms. The van der Waals surface area contributed by atoms with Gasteiger partial charge in [-0.1, -0.05) is 12.8 Å². The van der Waals surface area contributed by atoms with Crippen LogP contribution in [0.25, 0.3) is 11.0 Å². The summed E-state index contributed by atoms with van der Waals surface area (Å²) in [7, 11) is 0. The molecule has 6 nitrogen and oxygen atoms in total. The molecule has 3 N–H and O–H groups in total. The van der Waals surface area contributed by atoms with E-state index in [4.69, 9.17) is 0 Å². The summed E-state index contributed by atoms with van der Waals surface area (Å²) < 4.78 is 1.86. The number of aromatic nitrogens is 2. The predicted molar refractivity (Wildman–Crippen MR) is 100 cm³/mol. The highest BCUT2D eigenvalue weighted by Gasteiger charge is 2.21. The van der Waals surface area contributed by atoms with Gasteiger partial charge in [0.1, 0.15) is 0 Å². The number of carbonyl (C=O) groups excluding carboxylic acids is 1. The second kappa shape index (κ2) is 7.04. The van der Waals surface area contributed by atoms with Gasteiger partial charge in [-0.05, 0) is 51.8 Å². The first-order chi connectivity index (χ1) is 11.8. The van der Waals surface area contributed by atoms with Gasteiger partial charge in [-0.2, -0.15) is 0 Å². The third kappa shape index (κ3) is 4.12. The van der Waals surface area contributed by atoms with Gasteiger partial charge < -0.3 is 15.6 Å². The van der Waals surface area contributed by atoms with Crippen molar-refractivity contribution in [1.29, 1.82) is 0 Å². The lowest BCUT2D eigenvalue weighted by Crippen LogP contribution is -2.41. The maximum absolute atomic E-state index is 12.3. The van der Waals surface area contributed by atoms with Crippen LogP contribution in [0.3, 0.4) is 0 Å². The zero-order valence-electron chi connectivity index (χ0n) is 15.3. The number of imidazole rings is 1. The van der Waals surface area contributed by atoms with Crippen molar-refractivity contribution in [2.75, 3.05) is 13.1 Å². The average molecular weight is 344 g/mol. The minimum atomic E-state index is -0.118. The van der Waals surface area contributed by atoms with Crippen LogP contribution in [0.4, 0.5) is 0 Å². The normalized spacial score (nSPS) is 15.8. The van der Waals surface area contributed by atoms with Gasteiger partial charge in [-0.15, -0.1) is 0 Å². The van der Waals surface area contributed by atoms with E-state index < -0.39 is 0 Å². The summed E-state index contributed by atoms with van der Waals surface area (Å²) in [5.74, 6) is -0.118. The van der Waals surface area contributed by atoms with Crippen molar-refractivity contribution < 1.29 is 4.79 Å². The Morgan fingerprint density at radius 1 is 1.24 bits per heavy atom. The second-order valence-electron chi connectivity index (χ2n) is 7.90.